The Morgan fingerprint density at radius 2 is 1.34 bits per heavy atom. The van der Waals surface area contributed by atoms with Crippen LogP contribution in [0.15, 0.2) is 18.2 Å². The number of esters is 1. The summed E-state index contributed by atoms with van der Waals surface area (Å²) in [5.74, 6) is -0.629. The zero-order valence-electron chi connectivity index (χ0n) is 25.5. The Labute approximate surface area is 242 Å². The second kappa shape index (κ2) is 18.0. The molecule has 232 valence electrons. The third-order valence-corrected chi connectivity index (χ3v) is 6.14. The Morgan fingerprint density at radius 1 is 0.780 bits per heavy atom. The number of hydrogen-bond donors (Lipinski definition) is 1. The summed E-state index contributed by atoms with van der Waals surface area (Å²) in [6.07, 6.45) is -3.42. The van der Waals surface area contributed by atoms with Crippen molar-refractivity contribution in [3.63, 3.8) is 0 Å². The predicted octanol–water partition coefficient (Wildman–Crippen LogP) is 5.43. The summed E-state index contributed by atoms with van der Waals surface area (Å²) in [4.78, 5) is 49.1. The van der Waals surface area contributed by atoms with Gasteiger partial charge in [-0.2, -0.15) is 0 Å². The average molecular weight is 584 g/mol. The van der Waals surface area contributed by atoms with Crippen molar-refractivity contribution in [3.05, 3.63) is 23.8 Å². The smallest absolute Gasteiger partial charge is 0.468 e. The van der Waals surface area contributed by atoms with Gasteiger partial charge >= 0.3 is 24.4 Å². The molecule has 1 rings (SSSR count). The fourth-order valence-corrected chi connectivity index (χ4v) is 3.00. The molecular formula is C29H45NO11. The van der Waals surface area contributed by atoms with Gasteiger partial charge in [-0.15, -0.1) is 0 Å². The van der Waals surface area contributed by atoms with Crippen molar-refractivity contribution >= 4 is 24.4 Å². The van der Waals surface area contributed by atoms with Crippen molar-refractivity contribution < 1.29 is 52.3 Å². The largest absolute Gasteiger partial charge is 0.514 e. The third-order valence-electron chi connectivity index (χ3n) is 6.14. The first kappa shape index (κ1) is 35.5. The monoisotopic (exact) mass is 583 g/mol. The molecule has 0 aliphatic carbocycles. The van der Waals surface area contributed by atoms with E-state index in [1.165, 1.54) is 19.2 Å². The quantitative estimate of drug-likeness (QED) is 0.160. The van der Waals surface area contributed by atoms with Crippen LogP contribution in [0.5, 0.6) is 11.5 Å². The zero-order valence-corrected chi connectivity index (χ0v) is 25.5. The highest BCUT2D eigenvalue weighted by Gasteiger charge is 2.24. The Kier molecular flexibility index (Phi) is 15.6. The molecule has 0 aliphatic heterocycles. The van der Waals surface area contributed by atoms with Gasteiger partial charge in [0.1, 0.15) is 24.4 Å². The van der Waals surface area contributed by atoms with Crippen molar-refractivity contribution in [2.45, 2.75) is 92.6 Å². The SMILES string of the molecule is CCCOC(=O)OC(C)CN[C@@H](Cc1ccc(OC(=O)OC(C)C(C)C)c(OC(=O)OC(C)C(C)C)c1)C(=O)OC. The molecule has 1 aromatic carbocycles. The topological polar surface area (TPSA) is 145 Å². The van der Waals surface area contributed by atoms with Gasteiger partial charge in [0.15, 0.2) is 11.5 Å². The summed E-state index contributed by atoms with van der Waals surface area (Å²) in [7, 11) is 1.25. The number of ether oxygens (including phenoxy) is 7. The summed E-state index contributed by atoms with van der Waals surface area (Å²) in [5.41, 5.74) is 0.541. The van der Waals surface area contributed by atoms with E-state index < -0.39 is 48.8 Å². The molecule has 0 spiro atoms. The number of rotatable bonds is 15. The standard InChI is InChI=1S/C29H45NO11/c1-10-13-36-27(32)37-19(6)16-30-23(26(31)35-9)14-22-11-12-24(40-28(33)38-20(7)17(2)3)25(15-22)41-29(34)39-21(8)18(4)5/h11-12,15,17-21,23,30H,10,13-14,16H2,1-9H3/t19?,20?,21?,23-/m0/s1. The fourth-order valence-electron chi connectivity index (χ4n) is 3.00. The van der Waals surface area contributed by atoms with Crippen LogP contribution in [0.3, 0.4) is 0 Å². The third kappa shape index (κ3) is 13.6. The summed E-state index contributed by atoms with van der Waals surface area (Å²) >= 11 is 0. The molecule has 41 heavy (non-hydrogen) atoms. The maximum absolute atomic E-state index is 12.5. The molecule has 0 aliphatic rings. The van der Waals surface area contributed by atoms with Crippen LogP contribution in [0.1, 0.15) is 67.4 Å². The Morgan fingerprint density at radius 3 is 1.85 bits per heavy atom. The van der Waals surface area contributed by atoms with E-state index in [0.29, 0.717) is 12.0 Å². The average Bonchev–Trinajstić information content (AvgIpc) is 2.90. The van der Waals surface area contributed by atoms with E-state index in [4.69, 9.17) is 33.2 Å². The molecule has 0 saturated carbocycles. The first-order valence-corrected chi connectivity index (χ1v) is 13.8. The number of methoxy groups -OCH3 is 1. The van der Waals surface area contributed by atoms with E-state index in [2.05, 4.69) is 5.32 Å². The lowest BCUT2D eigenvalue weighted by molar-refractivity contribution is -0.143. The molecule has 0 bridgehead atoms. The van der Waals surface area contributed by atoms with E-state index in [1.807, 2.05) is 34.6 Å². The summed E-state index contributed by atoms with van der Waals surface area (Å²) in [6, 6.07) is 3.63. The lowest BCUT2D eigenvalue weighted by atomic mass is 10.0. The van der Waals surface area contributed by atoms with Crippen LogP contribution in [0.2, 0.25) is 0 Å². The van der Waals surface area contributed by atoms with Crippen LogP contribution in [-0.4, -0.2) is 69.1 Å². The highest BCUT2D eigenvalue weighted by Crippen LogP contribution is 2.30. The van der Waals surface area contributed by atoms with E-state index in [-0.39, 0.29) is 42.9 Å². The number of hydrogen-bond acceptors (Lipinski definition) is 12. The number of carbonyl (C=O) groups excluding carboxylic acids is 4. The summed E-state index contributed by atoms with van der Waals surface area (Å²) < 4.78 is 36.3. The van der Waals surface area contributed by atoms with Crippen molar-refractivity contribution in [2.24, 2.45) is 11.8 Å². The second-order valence-corrected chi connectivity index (χ2v) is 10.3. The molecule has 12 nitrogen and oxygen atoms in total. The van der Waals surface area contributed by atoms with Crippen molar-refractivity contribution in [1.29, 1.82) is 0 Å². The second-order valence-electron chi connectivity index (χ2n) is 10.3. The van der Waals surface area contributed by atoms with Crippen LogP contribution < -0.4 is 14.8 Å². The molecule has 0 fully saturated rings. The van der Waals surface area contributed by atoms with Crippen LogP contribution in [0, 0.1) is 11.8 Å². The van der Waals surface area contributed by atoms with E-state index in [1.54, 1.807) is 26.8 Å². The number of nitrogens with one attached hydrogen (secondary N) is 1. The lowest BCUT2D eigenvalue weighted by Gasteiger charge is -2.21. The van der Waals surface area contributed by atoms with Gasteiger partial charge < -0.3 is 38.5 Å². The van der Waals surface area contributed by atoms with E-state index >= 15 is 0 Å². The minimum absolute atomic E-state index is 0.0452. The van der Waals surface area contributed by atoms with Crippen LogP contribution in [0.4, 0.5) is 14.4 Å². The van der Waals surface area contributed by atoms with Crippen molar-refractivity contribution in [1.82, 2.24) is 5.32 Å². The van der Waals surface area contributed by atoms with E-state index in [9.17, 15) is 19.2 Å². The lowest BCUT2D eigenvalue weighted by Crippen LogP contribution is -2.43. The molecule has 0 radical (unpaired) electrons. The highest BCUT2D eigenvalue weighted by atomic mass is 16.8. The van der Waals surface area contributed by atoms with Crippen molar-refractivity contribution in [2.75, 3.05) is 20.3 Å². The number of benzene rings is 1. The van der Waals surface area contributed by atoms with Gasteiger partial charge in [-0.1, -0.05) is 40.7 Å². The molecule has 0 aromatic heterocycles. The highest BCUT2D eigenvalue weighted by molar-refractivity contribution is 5.76. The van der Waals surface area contributed by atoms with Gasteiger partial charge in [0.2, 0.25) is 0 Å². The molecular weight excluding hydrogens is 538 g/mol. The van der Waals surface area contributed by atoms with Gasteiger partial charge in [0.25, 0.3) is 0 Å². The van der Waals surface area contributed by atoms with Crippen LogP contribution in [-0.2, 0) is 34.9 Å². The zero-order chi connectivity index (χ0) is 31.1. The maximum Gasteiger partial charge on any atom is 0.514 e. The van der Waals surface area contributed by atoms with E-state index in [0.717, 1.165) is 0 Å². The molecule has 1 aromatic rings. The van der Waals surface area contributed by atoms with Gasteiger partial charge in [0, 0.05) is 6.54 Å². The predicted molar refractivity (Wildman–Crippen MR) is 149 cm³/mol. The summed E-state index contributed by atoms with van der Waals surface area (Å²) in [5, 5.41) is 3.01. The molecule has 3 unspecified atom stereocenters. The fraction of sp³-hybridized carbons (Fsp3) is 0.655. The first-order chi connectivity index (χ1) is 19.3. The van der Waals surface area contributed by atoms with Gasteiger partial charge in [-0.05, 0) is 63.1 Å². The van der Waals surface area contributed by atoms with Gasteiger partial charge in [-0.25, -0.2) is 14.4 Å². The Balaban J connectivity index is 3.11. The molecule has 0 saturated heterocycles. The normalized spacial score (nSPS) is 13.9. The molecule has 12 heteroatoms. The van der Waals surface area contributed by atoms with Gasteiger partial charge in [0.05, 0.1) is 13.7 Å². The minimum atomic E-state index is -0.985. The van der Waals surface area contributed by atoms with Gasteiger partial charge in [-0.3, -0.25) is 4.79 Å². The Bertz CT molecular complexity index is 995. The molecule has 1 N–H and O–H groups in total. The molecule has 0 heterocycles. The van der Waals surface area contributed by atoms with Crippen molar-refractivity contribution in [3.8, 4) is 11.5 Å². The first-order valence-electron chi connectivity index (χ1n) is 13.8. The molecule has 4 atom stereocenters. The minimum Gasteiger partial charge on any atom is -0.468 e. The molecule has 0 amide bonds. The van der Waals surface area contributed by atoms with Crippen LogP contribution >= 0.6 is 0 Å². The summed E-state index contributed by atoms with van der Waals surface area (Å²) in [6.45, 7) is 14.9. The Hall–Kier alpha value is -3.54. The maximum atomic E-state index is 12.5. The van der Waals surface area contributed by atoms with Crippen LogP contribution in [0.25, 0.3) is 0 Å². The number of carbonyl (C=O) groups is 4.